The summed E-state index contributed by atoms with van der Waals surface area (Å²) < 4.78 is 39.5. The first-order valence-corrected chi connectivity index (χ1v) is 7.80. The third kappa shape index (κ3) is 3.66. The second-order valence-corrected chi connectivity index (χ2v) is 6.47. The maximum Gasteiger partial charge on any atom is 0.264 e. The Hall–Kier alpha value is -1.77. The minimum Gasteiger partial charge on any atom is -0.389 e. The lowest BCUT2D eigenvalue weighted by Gasteiger charge is -2.10. The zero-order valence-corrected chi connectivity index (χ0v) is 12.8. The monoisotopic (exact) mass is 345 g/mol. The summed E-state index contributed by atoms with van der Waals surface area (Å²) in [5.41, 5.74) is 5.83. The van der Waals surface area contributed by atoms with Crippen LogP contribution in [-0.2, 0) is 10.0 Å². The van der Waals surface area contributed by atoms with E-state index >= 15 is 0 Å². The normalized spacial score (nSPS) is 11.1. The second-order valence-electron chi connectivity index (χ2n) is 3.98. The number of nitrogens with zero attached hydrogens (tertiary/aromatic N) is 1. The van der Waals surface area contributed by atoms with E-state index in [-0.39, 0.29) is 20.7 Å². The van der Waals surface area contributed by atoms with Gasteiger partial charge in [-0.1, -0.05) is 29.9 Å². The molecular weight excluding hydrogens is 337 g/mol. The molecule has 0 aliphatic rings. The molecule has 1 aromatic carbocycles. The fourth-order valence-electron chi connectivity index (χ4n) is 1.49. The molecular formula is C12H9ClFN3O2S2. The number of nitrogens with two attached hydrogens (primary N) is 1. The lowest BCUT2D eigenvalue weighted by molar-refractivity contribution is 0.600. The molecule has 21 heavy (non-hydrogen) atoms. The molecule has 1 heterocycles. The largest absolute Gasteiger partial charge is 0.389 e. The Bertz CT molecular complexity index is 795. The Labute approximate surface area is 131 Å². The number of thiocarbonyl (C=S) groups is 1. The van der Waals surface area contributed by atoms with Crippen molar-refractivity contribution in [3.05, 3.63) is 52.9 Å². The Morgan fingerprint density at radius 2 is 2.05 bits per heavy atom. The van der Waals surface area contributed by atoms with Crippen LogP contribution in [0.5, 0.6) is 0 Å². The number of benzene rings is 1. The Balaban J connectivity index is 2.41. The molecule has 0 radical (unpaired) electrons. The Morgan fingerprint density at radius 3 is 2.62 bits per heavy atom. The molecule has 1 aromatic heterocycles. The van der Waals surface area contributed by atoms with Gasteiger partial charge in [0.15, 0.2) is 0 Å². The summed E-state index contributed by atoms with van der Waals surface area (Å²) in [5.74, 6) is -0.611. The highest BCUT2D eigenvalue weighted by Gasteiger charge is 2.19. The highest BCUT2D eigenvalue weighted by molar-refractivity contribution is 7.92. The van der Waals surface area contributed by atoms with Crippen LogP contribution < -0.4 is 10.5 Å². The summed E-state index contributed by atoms with van der Waals surface area (Å²) in [4.78, 5) is 3.47. The highest BCUT2D eigenvalue weighted by atomic mass is 35.5. The van der Waals surface area contributed by atoms with Crippen molar-refractivity contribution in [2.45, 2.75) is 4.90 Å². The first-order valence-electron chi connectivity index (χ1n) is 5.53. The average Bonchev–Trinajstić information content (AvgIpc) is 2.41. The summed E-state index contributed by atoms with van der Waals surface area (Å²) in [6.45, 7) is 0. The average molecular weight is 346 g/mol. The van der Waals surface area contributed by atoms with E-state index < -0.39 is 15.8 Å². The quantitative estimate of drug-likeness (QED) is 0.830. The van der Waals surface area contributed by atoms with Crippen LogP contribution in [-0.4, -0.2) is 18.4 Å². The van der Waals surface area contributed by atoms with Crippen LogP contribution in [0.25, 0.3) is 0 Å². The topological polar surface area (TPSA) is 85.1 Å². The van der Waals surface area contributed by atoms with Gasteiger partial charge in [0.1, 0.15) is 21.5 Å². The van der Waals surface area contributed by atoms with E-state index in [0.29, 0.717) is 5.56 Å². The zero-order chi connectivity index (χ0) is 15.6. The molecule has 0 saturated carbocycles. The molecule has 0 saturated heterocycles. The molecule has 3 N–H and O–H groups in total. The van der Waals surface area contributed by atoms with Crippen LogP contribution in [0.4, 0.5) is 10.2 Å². The number of pyridine rings is 1. The van der Waals surface area contributed by atoms with E-state index in [1.165, 1.54) is 24.3 Å². The summed E-state index contributed by atoms with van der Waals surface area (Å²) in [6, 6.07) is 6.43. The molecule has 0 bridgehead atoms. The van der Waals surface area contributed by atoms with Gasteiger partial charge in [0.05, 0.1) is 11.2 Å². The predicted molar refractivity (Wildman–Crippen MR) is 82.3 cm³/mol. The van der Waals surface area contributed by atoms with Crippen LogP contribution in [0, 0.1) is 5.82 Å². The Morgan fingerprint density at radius 1 is 1.33 bits per heavy atom. The van der Waals surface area contributed by atoms with Gasteiger partial charge in [-0.3, -0.25) is 4.72 Å². The van der Waals surface area contributed by atoms with Crippen molar-refractivity contribution in [2.75, 3.05) is 4.72 Å². The van der Waals surface area contributed by atoms with Crippen molar-refractivity contribution in [3.63, 3.8) is 0 Å². The minimum atomic E-state index is -3.99. The van der Waals surface area contributed by atoms with Crippen molar-refractivity contribution in [3.8, 4) is 0 Å². The van der Waals surface area contributed by atoms with Crippen molar-refractivity contribution >= 4 is 44.6 Å². The standard InChI is InChI=1S/C12H9ClFN3O2S2/c13-9-3-1-7(12(15)20)5-10(9)21(18,19)17-11-4-2-8(14)6-16-11/h1-6H,(H2,15,20)(H,16,17). The second kappa shape index (κ2) is 5.92. The molecule has 0 aliphatic heterocycles. The van der Waals surface area contributed by atoms with Gasteiger partial charge in [0, 0.05) is 5.56 Å². The lowest BCUT2D eigenvalue weighted by atomic mass is 10.2. The molecule has 0 spiro atoms. The zero-order valence-electron chi connectivity index (χ0n) is 10.4. The van der Waals surface area contributed by atoms with Gasteiger partial charge in [-0.15, -0.1) is 0 Å². The van der Waals surface area contributed by atoms with E-state index in [9.17, 15) is 12.8 Å². The van der Waals surface area contributed by atoms with Gasteiger partial charge < -0.3 is 5.73 Å². The Kier molecular flexibility index (Phi) is 4.40. The van der Waals surface area contributed by atoms with Crippen molar-refractivity contribution in [1.82, 2.24) is 4.98 Å². The first-order chi connectivity index (χ1) is 9.79. The van der Waals surface area contributed by atoms with Gasteiger partial charge >= 0.3 is 0 Å². The molecule has 0 aliphatic carbocycles. The summed E-state index contributed by atoms with van der Waals surface area (Å²) in [6.07, 6.45) is 0.894. The van der Waals surface area contributed by atoms with Gasteiger partial charge in [0.2, 0.25) is 0 Å². The summed E-state index contributed by atoms with van der Waals surface area (Å²) >= 11 is 10.7. The summed E-state index contributed by atoms with van der Waals surface area (Å²) in [7, 11) is -3.99. The fraction of sp³-hybridized carbons (Fsp3) is 0. The SMILES string of the molecule is NC(=S)c1ccc(Cl)c(S(=O)(=O)Nc2ccc(F)cn2)c1. The smallest absolute Gasteiger partial charge is 0.264 e. The van der Waals surface area contributed by atoms with Gasteiger partial charge in [-0.2, -0.15) is 0 Å². The highest BCUT2D eigenvalue weighted by Crippen LogP contribution is 2.24. The first kappa shape index (κ1) is 15.6. The third-order valence-corrected chi connectivity index (χ3v) is 4.54. The number of rotatable bonds is 4. The van der Waals surface area contributed by atoms with E-state index in [4.69, 9.17) is 29.6 Å². The van der Waals surface area contributed by atoms with Crippen molar-refractivity contribution < 1.29 is 12.8 Å². The van der Waals surface area contributed by atoms with E-state index in [2.05, 4.69) is 9.71 Å². The lowest BCUT2D eigenvalue weighted by Crippen LogP contribution is -2.16. The summed E-state index contributed by atoms with van der Waals surface area (Å²) in [5, 5.41) is 0.00427. The van der Waals surface area contributed by atoms with Crippen LogP contribution in [0.15, 0.2) is 41.4 Å². The number of hydrogen-bond acceptors (Lipinski definition) is 4. The van der Waals surface area contributed by atoms with Crippen LogP contribution in [0.3, 0.4) is 0 Å². The predicted octanol–water partition coefficient (Wildman–Crippen LogP) is 2.31. The number of anilines is 1. The molecule has 9 heteroatoms. The van der Waals surface area contributed by atoms with E-state index in [0.717, 1.165) is 12.3 Å². The van der Waals surface area contributed by atoms with E-state index in [1.807, 2.05) is 0 Å². The molecule has 5 nitrogen and oxygen atoms in total. The number of hydrogen-bond donors (Lipinski definition) is 2. The maximum atomic E-state index is 12.8. The molecule has 2 aromatic rings. The van der Waals surface area contributed by atoms with Gasteiger partial charge in [-0.25, -0.2) is 17.8 Å². The molecule has 0 amide bonds. The van der Waals surface area contributed by atoms with Crippen LogP contribution in [0.1, 0.15) is 5.56 Å². The number of halogens is 2. The van der Waals surface area contributed by atoms with Crippen molar-refractivity contribution in [1.29, 1.82) is 0 Å². The number of aromatic nitrogens is 1. The molecule has 0 atom stereocenters. The van der Waals surface area contributed by atoms with Crippen LogP contribution in [0.2, 0.25) is 5.02 Å². The van der Waals surface area contributed by atoms with Gasteiger partial charge in [0.25, 0.3) is 10.0 Å². The molecule has 110 valence electrons. The number of nitrogens with one attached hydrogen (secondary N) is 1. The maximum absolute atomic E-state index is 12.8. The van der Waals surface area contributed by atoms with Crippen LogP contribution >= 0.6 is 23.8 Å². The molecule has 0 fully saturated rings. The van der Waals surface area contributed by atoms with E-state index in [1.54, 1.807) is 0 Å². The fourth-order valence-corrected chi connectivity index (χ4v) is 3.15. The number of sulfonamides is 1. The third-order valence-electron chi connectivity index (χ3n) is 2.47. The minimum absolute atomic E-state index is 0.00427. The molecule has 2 rings (SSSR count). The molecule has 0 unspecified atom stereocenters. The van der Waals surface area contributed by atoms with Crippen molar-refractivity contribution in [2.24, 2.45) is 5.73 Å². The van der Waals surface area contributed by atoms with Gasteiger partial charge in [-0.05, 0) is 24.3 Å².